The summed E-state index contributed by atoms with van der Waals surface area (Å²) in [4.78, 5) is 17.2. The van der Waals surface area contributed by atoms with Crippen LogP contribution in [0.15, 0.2) is 42.6 Å². The Labute approximate surface area is 151 Å². The van der Waals surface area contributed by atoms with Crippen LogP contribution >= 0.6 is 0 Å². The predicted octanol–water partition coefficient (Wildman–Crippen LogP) is 3.25. The summed E-state index contributed by atoms with van der Waals surface area (Å²) < 4.78 is 25.3. The van der Waals surface area contributed by atoms with Gasteiger partial charge in [0.2, 0.25) is 5.91 Å². The molecular weight excluding hydrogens is 335 g/mol. The number of nitrogens with zero attached hydrogens (tertiary/aromatic N) is 1. The summed E-state index contributed by atoms with van der Waals surface area (Å²) in [5.41, 5.74) is 2.43. The summed E-state index contributed by atoms with van der Waals surface area (Å²) in [6.45, 7) is 1.89. The quantitative estimate of drug-likeness (QED) is 0.914. The Hall–Kier alpha value is -2.47. The molecule has 1 amide bonds. The molecule has 2 bridgehead atoms. The summed E-state index contributed by atoms with van der Waals surface area (Å²) >= 11 is 0. The van der Waals surface area contributed by atoms with Crippen molar-refractivity contribution in [2.24, 2.45) is 5.92 Å². The Morgan fingerprint density at radius 1 is 1.31 bits per heavy atom. The first-order chi connectivity index (χ1) is 12.6. The fraction of sp³-hybridized carbons (Fsp3) is 0.400. The van der Waals surface area contributed by atoms with Crippen LogP contribution in [0.4, 0.5) is 10.1 Å². The second-order valence-electron chi connectivity index (χ2n) is 6.89. The van der Waals surface area contributed by atoms with E-state index in [1.165, 1.54) is 0 Å². The van der Waals surface area contributed by atoms with E-state index in [0.29, 0.717) is 5.69 Å². The fourth-order valence-electron chi connectivity index (χ4n) is 4.08. The van der Waals surface area contributed by atoms with Crippen molar-refractivity contribution in [1.29, 1.82) is 0 Å². The highest BCUT2D eigenvalue weighted by molar-refractivity contribution is 5.94. The molecule has 0 radical (unpaired) electrons. The van der Waals surface area contributed by atoms with E-state index in [-0.39, 0.29) is 18.2 Å². The van der Waals surface area contributed by atoms with Crippen LogP contribution in [0.5, 0.6) is 5.75 Å². The molecule has 2 fully saturated rings. The van der Waals surface area contributed by atoms with Crippen molar-refractivity contribution in [2.45, 2.75) is 37.6 Å². The number of carbonyl (C=O) groups excluding carboxylic acids is 1. The number of halogens is 1. The number of rotatable bonds is 4. The lowest BCUT2D eigenvalue weighted by molar-refractivity contribution is -0.121. The summed E-state index contributed by atoms with van der Waals surface area (Å²) in [7, 11) is 1.59. The third-order valence-electron chi connectivity index (χ3n) is 5.25. The second kappa shape index (κ2) is 6.68. The minimum atomic E-state index is -1.04. The topological polar surface area (TPSA) is 60.5 Å². The van der Waals surface area contributed by atoms with E-state index < -0.39 is 24.3 Å². The van der Waals surface area contributed by atoms with Crippen LogP contribution in [0, 0.1) is 12.8 Å². The maximum atomic E-state index is 14.3. The number of hydrogen-bond donors (Lipinski definition) is 1. The normalized spacial score (nSPS) is 29.6. The number of anilines is 1. The number of aromatic nitrogens is 1. The molecule has 2 saturated heterocycles. The number of methoxy groups -OCH3 is 1. The summed E-state index contributed by atoms with van der Waals surface area (Å²) in [6, 6.07) is 10.9. The number of aryl methyl sites for hydroxylation is 1. The molecule has 3 heterocycles. The highest BCUT2D eigenvalue weighted by atomic mass is 19.1. The zero-order valence-corrected chi connectivity index (χ0v) is 14.7. The van der Waals surface area contributed by atoms with Gasteiger partial charge in [-0.05, 0) is 48.9 Å². The molecule has 2 aromatic rings. The van der Waals surface area contributed by atoms with Gasteiger partial charge in [-0.2, -0.15) is 0 Å². The number of benzene rings is 1. The highest BCUT2D eigenvalue weighted by Crippen LogP contribution is 2.50. The largest absolute Gasteiger partial charge is 0.497 e. The lowest BCUT2D eigenvalue weighted by Gasteiger charge is -2.29. The Balaban J connectivity index is 1.59. The van der Waals surface area contributed by atoms with Crippen LogP contribution in [0.1, 0.15) is 23.6 Å². The number of carbonyl (C=O) groups is 1. The average Bonchev–Trinajstić information content (AvgIpc) is 3.19. The minimum absolute atomic E-state index is 0.144. The van der Waals surface area contributed by atoms with Crippen LogP contribution in [0.25, 0.3) is 0 Å². The second-order valence-corrected chi connectivity index (χ2v) is 6.89. The van der Waals surface area contributed by atoms with E-state index in [0.717, 1.165) is 17.0 Å². The first-order valence-electron chi connectivity index (χ1n) is 8.74. The summed E-state index contributed by atoms with van der Waals surface area (Å²) in [5.74, 6) is -0.148. The van der Waals surface area contributed by atoms with Crippen molar-refractivity contribution in [2.75, 3.05) is 12.4 Å². The van der Waals surface area contributed by atoms with Gasteiger partial charge in [0.1, 0.15) is 11.9 Å². The predicted molar refractivity (Wildman–Crippen MR) is 95.0 cm³/mol. The number of alkyl halides is 1. The van der Waals surface area contributed by atoms with Crippen molar-refractivity contribution in [1.82, 2.24) is 4.98 Å². The monoisotopic (exact) mass is 356 g/mol. The van der Waals surface area contributed by atoms with Crippen molar-refractivity contribution >= 4 is 11.6 Å². The average molecular weight is 356 g/mol. The lowest BCUT2D eigenvalue weighted by atomic mass is 9.74. The molecule has 4 rings (SSSR count). The van der Waals surface area contributed by atoms with Gasteiger partial charge in [0.15, 0.2) is 0 Å². The van der Waals surface area contributed by atoms with Gasteiger partial charge in [0.05, 0.1) is 25.2 Å². The van der Waals surface area contributed by atoms with Gasteiger partial charge in [-0.15, -0.1) is 0 Å². The van der Waals surface area contributed by atoms with Crippen LogP contribution in [-0.2, 0) is 9.53 Å². The molecule has 1 N–H and O–H groups in total. The third-order valence-corrected chi connectivity index (χ3v) is 5.25. The van der Waals surface area contributed by atoms with E-state index in [1.807, 2.05) is 19.1 Å². The van der Waals surface area contributed by atoms with E-state index in [2.05, 4.69) is 10.3 Å². The molecule has 136 valence electrons. The molecule has 0 unspecified atom stereocenters. The van der Waals surface area contributed by atoms with Gasteiger partial charge in [-0.1, -0.05) is 0 Å². The number of pyridine rings is 1. The Morgan fingerprint density at radius 3 is 2.77 bits per heavy atom. The van der Waals surface area contributed by atoms with Crippen LogP contribution in [0.2, 0.25) is 0 Å². The molecule has 1 aromatic heterocycles. The maximum absolute atomic E-state index is 14.3. The van der Waals surface area contributed by atoms with Gasteiger partial charge in [0.25, 0.3) is 0 Å². The number of ether oxygens (including phenoxy) is 2. The van der Waals surface area contributed by atoms with E-state index >= 15 is 0 Å². The summed E-state index contributed by atoms with van der Waals surface area (Å²) in [6.07, 6.45) is -0.0440. The summed E-state index contributed by atoms with van der Waals surface area (Å²) in [5, 5.41) is 2.94. The standard InChI is InChI=1S/C20H21FN2O3/c1-11-9-12(7-8-22-11)17-18(16-10-15(21)19(17)26-16)20(24)23-13-3-5-14(25-2)6-4-13/h3-9,15-19H,10H2,1-2H3,(H,23,24)/t15-,16-,17-,18+,19+/m1/s1. The molecule has 0 saturated carbocycles. The Morgan fingerprint density at radius 2 is 2.08 bits per heavy atom. The Kier molecular flexibility index (Phi) is 4.36. The smallest absolute Gasteiger partial charge is 0.230 e. The first-order valence-corrected chi connectivity index (χ1v) is 8.74. The van der Waals surface area contributed by atoms with Gasteiger partial charge in [-0.25, -0.2) is 4.39 Å². The molecule has 0 aliphatic carbocycles. The van der Waals surface area contributed by atoms with E-state index in [1.54, 1.807) is 37.6 Å². The zero-order valence-electron chi connectivity index (χ0n) is 14.7. The number of amides is 1. The van der Waals surface area contributed by atoms with Gasteiger partial charge >= 0.3 is 0 Å². The molecule has 2 aliphatic heterocycles. The highest BCUT2D eigenvalue weighted by Gasteiger charge is 2.57. The van der Waals surface area contributed by atoms with Crippen molar-refractivity contribution in [3.8, 4) is 5.75 Å². The molecule has 1 aromatic carbocycles. The third kappa shape index (κ3) is 2.94. The first kappa shape index (κ1) is 17.0. The van der Waals surface area contributed by atoms with Crippen LogP contribution in [0.3, 0.4) is 0 Å². The number of hydrogen-bond acceptors (Lipinski definition) is 4. The fourth-order valence-corrected chi connectivity index (χ4v) is 4.08. The minimum Gasteiger partial charge on any atom is -0.497 e. The van der Waals surface area contributed by atoms with E-state index in [4.69, 9.17) is 9.47 Å². The van der Waals surface area contributed by atoms with Gasteiger partial charge in [-0.3, -0.25) is 9.78 Å². The molecular formula is C20H21FN2O3. The van der Waals surface area contributed by atoms with E-state index in [9.17, 15) is 9.18 Å². The van der Waals surface area contributed by atoms with Crippen molar-refractivity contribution in [3.05, 3.63) is 53.9 Å². The van der Waals surface area contributed by atoms with Crippen LogP contribution in [-0.4, -0.2) is 36.4 Å². The number of nitrogens with one attached hydrogen (secondary N) is 1. The van der Waals surface area contributed by atoms with Gasteiger partial charge < -0.3 is 14.8 Å². The van der Waals surface area contributed by atoms with Crippen molar-refractivity contribution < 1.29 is 18.7 Å². The maximum Gasteiger partial charge on any atom is 0.230 e. The SMILES string of the molecule is COc1ccc(NC(=O)[C@@H]2[C@@H](c3ccnc(C)c3)[C@H]3O[C@@H]2C[C@H]3F)cc1. The number of fused-ring (bicyclic) bond motifs is 2. The molecule has 26 heavy (non-hydrogen) atoms. The van der Waals surface area contributed by atoms with Crippen LogP contribution < -0.4 is 10.1 Å². The lowest BCUT2D eigenvalue weighted by Crippen LogP contribution is -2.39. The van der Waals surface area contributed by atoms with Crippen molar-refractivity contribution in [3.63, 3.8) is 0 Å². The molecule has 6 heteroatoms. The molecule has 0 spiro atoms. The van der Waals surface area contributed by atoms with Gasteiger partial charge in [0, 0.05) is 29.9 Å². The Bertz CT molecular complexity index is 811. The molecule has 2 aliphatic rings. The molecule has 5 nitrogen and oxygen atoms in total. The molecule has 5 atom stereocenters. The zero-order chi connectivity index (χ0) is 18.3.